The SMILES string of the molecule is Fc1cccc2sc(SSc3nc4c(F)cccc4s3)nc12. The second-order valence-electron chi connectivity index (χ2n) is 4.30. The highest BCUT2D eigenvalue weighted by Crippen LogP contribution is 2.43. The maximum Gasteiger partial charge on any atom is 0.162 e. The molecule has 2 nitrogen and oxygen atoms in total. The zero-order valence-electron chi connectivity index (χ0n) is 10.7. The Hall–Kier alpha value is -1.22. The van der Waals surface area contributed by atoms with E-state index in [2.05, 4.69) is 9.97 Å². The molecular formula is C14H6F2N2S4. The van der Waals surface area contributed by atoms with Crippen molar-refractivity contribution in [3.05, 3.63) is 48.0 Å². The molecule has 8 heteroatoms. The number of rotatable bonds is 3. The molecule has 0 bridgehead atoms. The lowest BCUT2D eigenvalue weighted by atomic mass is 10.3. The number of fused-ring (bicyclic) bond motifs is 2. The van der Waals surface area contributed by atoms with Crippen LogP contribution in [0.15, 0.2) is 45.1 Å². The lowest BCUT2D eigenvalue weighted by molar-refractivity contribution is 0.636. The van der Waals surface area contributed by atoms with Crippen molar-refractivity contribution in [3.8, 4) is 0 Å². The fourth-order valence-corrected chi connectivity index (χ4v) is 6.44. The average Bonchev–Trinajstić information content (AvgIpc) is 3.10. The summed E-state index contributed by atoms with van der Waals surface area (Å²) in [5.74, 6) is -0.625. The van der Waals surface area contributed by atoms with Crippen molar-refractivity contribution in [2.24, 2.45) is 0 Å². The summed E-state index contributed by atoms with van der Waals surface area (Å²) in [5.41, 5.74) is 0.789. The molecule has 2 aromatic carbocycles. The molecule has 0 N–H and O–H groups in total. The first-order valence-corrected chi connectivity index (χ1v) is 9.93. The van der Waals surface area contributed by atoms with E-state index >= 15 is 0 Å². The van der Waals surface area contributed by atoms with Gasteiger partial charge in [-0.2, -0.15) is 0 Å². The number of hydrogen-bond acceptors (Lipinski definition) is 6. The highest BCUT2D eigenvalue weighted by Gasteiger charge is 2.12. The minimum atomic E-state index is -0.312. The Bertz CT molecular complexity index is 899. The molecule has 4 rings (SSSR count). The van der Waals surface area contributed by atoms with E-state index in [9.17, 15) is 8.78 Å². The van der Waals surface area contributed by atoms with Crippen LogP contribution >= 0.6 is 44.3 Å². The van der Waals surface area contributed by atoms with Gasteiger partial charge in [-0.25, -0.2) is 18.7 Å². The van der Waals surface area contributed by atoms with Crippen LogP contribution in [0, 0.1) is 11.6 Å². The van der Waals surface area contributed by atoms with Gasteiger partial charge in [0.15, 0.2) is 8.68 Å². The van der Waals surface area contributed by atoms with Crippen LogP contribution in [0.5, 0.6) is 0 Å². The Morgan fingerprint density at radius 2 is 1.18 bits per heavy atom. The third-order valence-corrected chi connectivity index (χ3v) is 7.90. The Kier molecular flexibility index (Phi) is 3.77. The predicted octanol–water partition coefficient (Wildman–Crippen LogP) is 5.98. The molecule has 2 heterocycles. The molecule has 0 unspecified atom stereocenters. The molecule has 0 aliphatic heterocycles. The van der Waals surface area contributed by atoms with E-state index in [0.29, 0.717) is 11.0 Å². The summed E-state index contributed by atoms with van der Waals surface area (Å²) in [4.78, 5) is 8.57. The number of nitrogens with zero attached hydrogens (tertiary/aromatic N) is 2. The number of hydrogen-bond donors (Lipinski definition) is 0. The van der Waals surface area contributed by atoms with E-state index in [1.54, 1.807) is 12.1 Å². The summed E-state index contributed by atoms with van der Waals surface area (Å²) in [5, 5.41) is 0. The van der Waals surface area contributed by atoms with E-state index in [-0.39, 0.29) is 11.6 Å². The van der Waals surface area contributed by atoms with E-state index in [1.807, 2.05) is 12.1 Å². The molecule has 2 aromatic heterocycles. The Morgan fingerprint density at radius 1 is 0.727 bits per heavy atom. The maximum atomic E-state index is 13.6. The van der Waals surface area contributed by atoms with Crippen LogP contribution in [-0.2, 0) is 0 Å². The van der Waals surface area contributed by atoms with Gasteiger partial charge in [-0.1, -0.05) is 12.1 Å². The lowest BCUT2D eigenvalue weighted by Crippen LogP contribution is -1.76. The molecule has 0 aliphatic rings. The first kappa shape index (κ1) is 14.4. The minimum absolute atomic E-state index is 0.312. The van der Waals surface area contributed by atoms with E-state index in [4.69, 9.17) is 0 Å². The Balaban J connectivity index is 1.60. The summed E-state index contributed by atoms with van der Waals surface area (Å²) < 4.78 is 30.4. The van der Waals surface area contributed by atoms with Gasteiger partial charge in [0.2, 0.25) is 0 Å². The fraction of sp³-hybridized carbons (Fsp3) is 0. The minimum Gasteiger partial charge on any atom is -0.226 e. The zero-order chi connectivity index (χ0) is 15.1. The summed E-state index contributed by atoms with van der Waals surface area (Å²) in [7, 11) is 2.82. The van der Waals surface area contributed by atoms with Gasteiger partial charge >= 0.3 is 0 Å². The number of halogens is 2. The first-order valence-electron chi connectivity index (χ1n) is 6.15. The number of aromatic nitrogens is 2. The average molecular weight is 368 g/mol. The molecule has 0 spiro atoms. The summed E-state index contributed by atoms with van der Waals surface area (Å²) in [6.07, 6.45) is 0. The topological polar surface area (TPSA) is 25.8 Å². The van der Waals surface area contributed by atoms with Crippen molar-refractivity contribution in [1.29, 1.82) is 0 Å². The molecule has 0 saturated carbocycles. The van der Waals surface area contributed by atoms with Gasteiger partial charge in [-0.05, 0) is 45.9 Å². The van der Waals surface area contributed by atoms with Crippen LogP contribution in [0.3, 0.4) is 0 Å². The van der Waals surface area contributed by atoms with Crippen LogP contribution in [-0.4, -0.2) is 9.97 Å². The van der Waals surface area contributed by atoms with Crippen LogP contribution in [0.2, 0.25) is 0 Å². The molecule has 0 amide bonds. The number of para-hydroxylation sites is 2. The molecular weight excluding hydrogens is 362 g/mol. The van der Waals surface area contributed by atoms with Gasteiger partial charge < -0.3 is 0 Å². The monoisotopic (exact) mass is 368 g/mol. The van der Waals surface area contributed by atoms with Crippen LogP contribution in [0.4, 0.5) is 8.78 Å². The van der Waals surface area contributed by atoms with Crippen molar-refractivity contribution in [1.82, 2.24) is 9.97 Å². The van der Waals surface area contributed by atoms with Crippen molar-refractivity contribution in [2.45, 2.75) is 8.68 Å². The normalized spacial score (nSPS) is 11.5. The molecule has 0 saturated heterocycles. The van der Waals surface area contributed by atoms with Crippen molar-refractivity contribution in [2.75, 3.05) is 0 Å². The lowest BCUT2D eigenvalue weighted by Gasteiger charge is -1.90. The van der Waals surface area contributed by atoms with Crippen LogP contribution in [0.25, 0.3) is 20.4 Å². The summed E-state index contributed by atoms with van der Waals surface area (Å²) in [6.45, 7) is 0. The molecule has 0 radical (unpaired) electrons. The zero-order valence-corrected chi connectivity index (χ0v) is 14.0. The highest BCUT2D eigenvalue weighted by atomic mass is 33.1. The third-order valence-electron chi connectivity index (χ3n) is 2.88. The van der Waals surface area contributed by atoms with Gasteiger partial charge in [-0.3, -0.25) is 0 Å². The summed E-state index contributed by atoms with van der Waals surface area (Å²) in [6, 6.07) is 9.84. The number of benzene rings is 2. The quantitative estimate of drug-likeness (QED) is 0.415. The van der Waals surface area contributed by atoms with Gasteiger partial charge in [0.05, 0.1) is 9.40 Å². The Labute approximate surface area is 140 Å². The number of thiazole rings is 2. The maximum absolute atomic E-state index is 13.6. The smallest absolute Gasteiger partial charge is 0.162 e. The molecule has 110 valence electrons. The molecule has 0 atom stereocenters. The van der Waals surface area contributed by atoms with E-state index in [0.717, 1.165) is 18.1 Å². The third kappa shape index (κ3) is 2.60. The Morgan fingerprint density at radius 3 is 1.59 bits per heavy atom. The van der Waals surface area contributed by atoms with E-state index < -0.39 is 0 Å². The standard InChI is InChI=1S/C14H6F2N2S4/c15-7-3-1-5-9-11(7)17-13(19-9)21-22-14-18-12-8(16)4-2-6-10(12)20-14/h1-6H. The molecule has 22 heavy (non-hydrogen) atoms. The van der Waals surface area contributed by atoms with Gasteiger partial charge in [-0.15, -0.1) is 22.7 Å². The van der Waals surface area contributed by atoms with E-state index in [1.165, 1.54) is 56.4 Å². The van der Waals surface area contributed by atoms with Crippen molar-refractivity contribution in [3.63, 3.8) is 0 Å². The second-order valence-corrected chi connectivity index (χ2v) is 8.98. The van der Waals surface area contributed by atoms with Gasteiger partial charge in [0, 0.05) is 0 Å². The van der Waals surface area contributed by atoms with Crippen LogP contribution in [0.1, 0.15) is 0 Å². The van der Waals surface area contributed by atoms with Crippen molar-refractivity contribution < 1.29 is 8.78 Å². The highest BCUT2D eigenvalue weighted by molar-refractivity contribution is 8.77. The van der Waals surface area contributed by atoms with Crippen molar-refractivity contribution >= 4 is 64.7 Å². The summed E-state index contributed by atoms with van der Waals surface area (Å²) >= 11 is 2.87. The predicted molar refractivity (Wildman–Crippen MR) is 90.9 cm³/mol. The molecule has 0 fully saturated rings. The fourth-order valence-electron chi connectivity index (χ4n) is 1.93. The van der Waals surface area contributed by atoms with Gasteiger partial charge in [0.25, 0.3) is 0 Å². The first-order chi connectivity index (χ1) is 10.7. The second kappa shape index (κ2) is 5.77. The van der Waals surface area contributed by atoms with Gasteiger partial charge in [0.1, 0.15) is 22.7 Å². The largest absolute Gasteiger partial charge is 0.226 e. The molecule has 4 aromatic rings. The van der Waals surface area contributed by atoms with Crippen LogP contribution < -0.4 is 0 Å². The molecule has 0 aliphatic carbocycles.